The third kappa shape index (κ3) is 3.98. The molecular weight excluding hydrogens is 276 g/mol. The molecule has 0 heterocycles. The second kappa shape index (κ2) is 7.46. The number of aliphatic hydroxyl groups excluding tert-OH is 1. The van der Waals surface area contributed by atoms with Crippen LogP contribution in [-0.4, -0.2) is 16.2 Å². The fourth-order valence-electron chi connectivity index (χ4n) is 2.38. The van der Waals surface area contributed by atoms with E-state index in [-0.39, 0.29) is 0 Å². The molecule has 0 saturated heterocycles. The molecule has 0 unspecified atom stereocenters. The summed E-state index contributed by atoms with van der Waals surface area (Å²) >= 11 is 0. The number of carboxylic acid groups (broad SMARTS) is 1. The Kier molecular flexibility index (Phi) is 5.37. The summed E-state index contributed by atoms with van der Waals surface area (Å²) in [6.07, 6.45) is 2.16. The van der Waals surface area contributed by atoms with Gasteiger partial charge < -0.3 is 10.2 Å². The monoisotopic (exact) mass is 296 g/mol. The molecule has 0 aliphatic heterocycles. The molecule has 3 heteroatoms. The van der Waals surface area contributed by atoms with Crippen LogP contribution < -0.4 is 0 Å². The summed E-state index contributed by atoms with van der Waals surface area (Å²) in [6, 6.07) is 17.4. The van der Waals surface area contributed by atoms with Crippen LogP contribution in [0.15, 0.2) is 60.4 Å². The summed E-state index contributed by atoms with van der Waals surface area (Å²) in [5, 5.41) is 19.0. The summed E-state index contributed by atoms with van der Waals surface area (Å²) in [5.41, 5.74) is 3.61. The Morgan fingerprint density at radius 2 is 1.50 bits per heavy atom. The molecule has 2 N–H and O–H groups in total. The maximum Gasteiger partial charge on any atom is 0.371 e. The second-order valence-corrected chi connectivity index (χ2v) is 5.17. The highest BCUT2D eigenvalue weighted by Crippen LogP contribution is 2.23. The Morgan fingerprint density at radius 1 is 0.909 bits per heavy atom. The molecule has 0 amide bonds. The molecule has 0 aromatic heterocycles. The average molecular weight is 296 g/mol. The Bertz CT molecular complexity index is 655. The van der Waals surface area contributed by atoms with Crippen LogP contribution in [0.2, 0.25) is 0 Å². The van der Waals surface area contributed by atoms with E-state index in [4.69, 9.17) is 5.11 Å². The van der Waals surface area contributed by atoms with E-state index < -0.39 is 11.7 Å². The van der Waals surface area contributed by atoms with Gasteiger partial charge in [-0.3, -0.25) is 0 Å². The first-order valence-corrected chi connectivity index (χ1v) is 7.40. The van der Waals surface area contributed by atoms with Crippen molar-refractivity contribution in [1.82, 2.24) is 0 Å². The van der Waals surface area contributed by atoms with Crippen molar-refractivity contribution in [3.63, 3.8) is 0 Å². The Labute approximate surface area is 130 Å². The van der Waals surface area contributed by atoms with Gasteiger partial charge in [-0.05, 0) is 36.0 Å². The van der Waals surface area contributed by atoms with Gasteiger partial charge in [0.1, 0.15) is 0 Å². The lowest BCUT2D eigenvalue weighted by Gasteiger charge is -2.10. The lowest BCUT2D eigenvalue weighted by molar-refractivity contribution is -0.135. The lowest BCUT2D eigenvalue weighted by Crippen LogP contribution is -2.04. The number of aliphatic hydroxyl groups is 1. The molecule has 0 atom stereocenters. The quantitative estimate of drug-likeness (QED) is 0.619. The van der Waals surface area contributed by atoms with Crippen LogP contribution in [0.4, 0.5) is 0 Å². The van der Waals surface area contributed by atoms with Crippen LogP contribution in [0.3, 0.4) is 0 Å². The van der Waals surface area contributed by atoms with Crippen LogP contribution in [0.5, 0.6) is 0 Å². The largest absolute Gasteiger partial charge is 0.502 e. The maximum atomic E-state index is 11.1. The summed E-state index contributed by atoms with van der Waals surface area (Å²) in [6.45, 7) is 2.11. The highest BCUT2D eigenvalue weighted by Gasteiger charge is 2.14. The number of aryl methyl sites for hydroxylation is 2. The molecule has 0 fully saturated rings. The Hall–Kier alpha value is -2.55. The number of carboxylic acids is 1. The van der Waals surface area contributed by atoms with E-state index >= 15 is 0 Å². The van der Waals surface area contributed by atoms with Crippen molar-refractivity contribution in [3.8, 4) is 0 Å². The molecule has 114 valence electrons. The molecule has 0 radical (unpaired) electrons. The number of allylic oxidation sites excluding steroid dienone is 1. The Morgan fingerprint density at radius 3 is 2.05 bits per heavy atom. The number of aliphatic carboxylic acids is 1. The smallest absolute Gasteiger partial charge is 0.371 e. The van der Waals surface area contributed by atoms with Crippen molar-refractivity contribution in [2.45, 2.75) is 26.2 Å². The van der Waals surface area contributed by atoms with E-state index in [0.29, 0.717) is 18.4 Å². The topological polar surface area (TPSA) is 57.5 Å². The van der Waals surface area contributed by atoms with Gasteiger partial charge in [0.2, 0.25) is 5.76 Å². The van der Waals surface area contributed by atoms with Gasteiger partial charge in [0.15, 0.2) is 0 Å². The first-order valence-electron chi connectivity index (χ1n) is 7.40. The zero-order valence-electron chi connectivity index (χ0n) is 12.6. The molecule has 0 aliphatic rings. The lowest BCUT2D eigenvalue weighted by atomic mass is 9.96. The summed E-state index contributed by atoms with van der Waals surface area (Å²) in [5.74, 6) is -1.86. The molecule has 2 aromatic carbocycles. The highest BCUT2D eigenvalue weighted by atomic mass is 16.4. The van der Waals surface area contributed by atoms with E-state index in [1.165, 1.54) is 5.56 Å². The predicted molar refractivity (Wildman–Crippen MR) is 87.8 cm³/mol. The van der Waals surface area contributed by atoms with E-state index in [9.17, 15) is 9.90 Å². The van der Waals surface area contributed by atoms with Crippen molar-refractivity contribution >= 4 is 11.5 Å². The third-order valence-electron chi connectivity index (χ3n) is 3.71. The van der Waals surface area contributed by atoms with E-state index in [0.717, 1.165) is 17.5 Å². The van der Waals surface area contributed by atoms with E-state index in [1.54, 1.807) is 0 Å². The van der Waals surface area contributed by atoms with Crippen LogP contribution >= 0.6 is 0 Å². The van der Waals surface area contributed by atoms with Crippen molar-refractivity contribution < 1.29 is 15.0 Å². The van der Waals surface area contributed by atoms with Gasteiger partial charge in [-0.15, -0.1) is 0 Å². The number of rotatable bonds is 6. The molecule has 2 rings (SSSR count). The molecule has 3 nitrogen and oxygen atoms in total. The standard InChI is InChI=1S/C19H20O3/c1-2-14-8-10-15(11-9-14)12-13-17(18(20)19(21)22)16-6-4-3-5-7-16/h3-11,20H,2,12-13H2,1H3,(H,21,22)/b18-17+. The SMILES string of the molecule is CCc1ccc(CC/C(=C(\O)C(=O)O)c2ccccc2)cc1. The van der Waals surface area contributed by atoms with Crippen molar-refractivity contribution in [1.29, 1.82) is 0 Å². The minimum absolute atomic E-state index is 0.465. The minimum Gasteiger partial charge on any atom is -0.502 e. The minimum atomic E-state index is -1.29. The zero-order chi connectivity index (χ0) is 15.9. The van der Waals surface area contributed by atoms with Crippen LogP contribution in [0, 0.1) is 0 Å². The normalized spacial score (nSPS) is 11.9. The van der Waals surface area contributed by atoms with Crippen molar-refractivity contribution in [3.05, 3.63) is 77.0 Å². The molecule has 0 spiro atoms. The Balaban J connectivity index is 2.20. The maximum absolute atomic E-state index is 11.1. The predicted octanol–water partition coefficient (Wildman–Crippen LogP) is 4.24. The first-order chi connectivity index (χ1) is 10.6. The number of hydrogen-bond donors (Lipinski definition) is 2. The van der Waals surface area contributed by atoms with Gasteiger partial charge >= 0.3 is 5.97 Å². The van der Waals surface area contributed by atoms with Gasteiger partial charge in [-0.1, -0.05) is 61.5 Å². The summed E-state index contributed by atoms with van der Waals surface area (Å²) in [7, 11) is 0. The van der Waals surface area contributed by atoms with Gasteiger partial charge in [0, 0.05) is 5.57 Å². The summed E-state index contributed by atoms with van der Waals surface area (Å²) in [4.78, 5) is 11.1. The molecule has 22 heavy (non-hydrogen) atoms. The van der Waals surface area contributed by atoms with Crippen LogP contribution in [0.25, 0.3) is 5.57 Å². The average Bonchev–Trinajstić information content (AvgIpc) is 2.56. The van der Waals surface area contributed by atoms with E-state index in [2.05, 4.69) is 31.2 Å². The highest BCUT2D eigenvalue weighted by molar-refractivity contribution is 5.93. The van der Waals surface area contributed by atoms with Crippen molar-refractivity contribution in [2.24, 2.45) is 0 Å². The third-order valence-corrected chi connectivity index (χ3v) is 3.71. The number of carbonyl (C=O) groups is 1. The summed E-state index contributed by atoms with van der Waals surface area (Å²) < 4.78 is 0. The molecular formula is C19H20O3. The van der Waals surface area contributed by atoms with Crippen LogP contribution in [-0.2, 0) is 17.6 Å². The molecule has 0 saturated carbocycles. The molecule has 0 aliphatic carbocycles. The van der Waals surface area contributed by atoms with Crippen molar-refractivity contribution in [2.75, 3.05) is 0 Å². The van der Waals surface area contributed by atoms with E-state index in [1.807, 2.05) is 30.3 Å². The fourth-order valence-corrected chi connectivity index (χ4v) is 2.38. The van der Waals surface area contributed by atoms with Crippen LogP contribution in [0.1, 0.15) is 30.0 Å². The van der Waals surface area contributed by atoms with Gasteiger partial charge in [-0.2, -0.15) is 0 Å². The van der Waals surface area contributed by atoms with Gasteiger partial charge in [0.05, 0.1) is 0 Å². The number of benzene rings is 2. The first kappa shape index (κ1) is 15.8. The molecule has 2 aromatic rings. The second-order valence-electron chi connectivity index (χ2n) is 5.17. The number of hydrogen-bond acceptors (Lipinski definition) is 2. The fraction of sp³-hybridized carbons (Fsp3) is 0.211. The van der Waals surface area contributed by atoms with Gasteiger partial charge in [0.25, 0.3) is 0 Å². The molecule has 0 bridgehead atoms. The van der Waals surface area contributed by atoms with Gasteiger partial charge in [-0.25, -0.2) is 4.79 Å². The zero-order valence-corrected chi connectivity index (χ0v) is 12.6.